The number of halogens is 12. The maximum Gasteiger partial charge on any atom is 0.417 e. The average Bonchev–Trinajstić information content (AvgIpc) is 1.55. The summed E-state index contributed by atoms with van der Waals surface area (Å²) in [6.45, 7) is 0. The van der Waals surface area contributed by atoms with Gasteiger partial charge in [-0.25, -0.2) is 24.9 Å². The molecule has 25 rings (SSSR count). The zero-order valence-corrected chi connectivity index (χ0v) is 77.6. The Balaban J connectivity index is 0.654. The number of rotatable bonds is 16. The molecule has 22 heteroatoms. The van der Waals surface area contributed by atoms with Gasteiger partial charge in [-0.1, -0.05) is 291 Å². The number of nitrogens with zero attached hydrogens (tertiary/aromatic N) is 10. The first-order valence-electron chi connectivity index (χ1n) is 47.5. The van der Waals surface area contributed by atoms with Gasteiger partial charge in [0.05, 0.1) is 101 Å². The molecule has 0 saturated carbocycles. The third-order valence-corrected chi connectivity index (χ3v) is 27.8. The van der Waals surface area contributed by atoms with Crippen molar-refractivity contribution in [3.8, 4) is 164 Å². The fraction of sp³-hybridized carbons (Fsp3) is 0.0317. The van der Waals surface area contributed by atoms with Crippen molar-refractivity contribution in [1.82, 2.24) is 43.2 Å². The van der Waals surface area contributed by atoms with Crippen molar-refractivity contribution in [2.75, 3.05) is 0 Å². The highest BCUT2D eigenvalue weighted by Crippen LogP contribution is 2.51. The monoisotopic (exact) mass is 1950 g/mol. The van der Waals surface area contributed by atoms with Crippen molar-refractivity contribution < 1.29 is 52.7 Å². The van der Waals surface area contributed by atoms with Crippen LogP contribution in [-0.2, 0) is 24.7 Å². The van der Waals surface area contributed by atoms with Gasteiger partial charge in [0.1, 0.15) is 0 Å². The van der Waals surface area contributed by atoms with E-state index in [0.717, 1.165) is 144 Å². The minimum absolute atomic E-state index is 0.0181. The number of aromatic nitrogens is 9. The van der Waals surface area contributed by atoms with Crippen LogP contribution in [0.15, 0.2) is 437 Å². The molecule has 6 aromatic heterocycles. The van der Waals surface area contributed by atoms with E-state index in [1.165, 1.54) is 36.4 Å². The van der Waals surface area contributed by atoms with E-state index in [9.17, 15) is 31.6 Å². The minimum Gasteiger partial charge on any atom is -0.309 e. The Morgan fingerprint density at radius 2 is 0.493 bits per heavy atom. The molecular formula is C126H72F12N10. The lowest BCUT2D eigenvalue weighted by Crippen LogP contribution is -2.12. The number of benzene rings is 19. The summed E-state index contributed by atoms with van der Waals surface area (Å²) in [7, 11) is 0. The first-order chi connectivity index (χ1) is 71.8. The van der Waals surface area contributed by atoms with E-state index in [-0.39, 0.29) is 62.5 Å². The lowest BCUT2D eigenvalue weighted by Gasteiger charge is -2.18. The van der Waals surface area contributed by atoms with Crippen molar-refractivity contribution in [3.63, 3.8) is 0 Å². The van der Waals surface area contributed by atoms with Crippen molar-refractivity contribution in [2.45, 2.75) is 24.7 Å². The standard InChI is InChI=1S/C126H72F12N10/c127-123(128,129)88-48-55-93(105(70-88)125(133,134)135)84-46-59-110-101(63-84)102-64-85(94-56-49-89(124(130,131)132)71-106(94)126(136,137)138)47-60-111(102)147(110)112-57-44-79(62-104(112)122-143-119(76-27-11-3-12-28-76)142-120(144-122)77-29-13-4-14-30-77)81-40-51-98-100-53-42-83(68-117(100)146(115(98)66-81)91-34-17-6-18-35-91)82-41-52-99-97-50-39-80(65-114(97)145(116(99)67-82)90-32-15-5-16-33-90)78-45-58-113(103(61-78)121-140-107(74-23-7-1-8-24-74)72-108(141-121)75-25-9-2-10-26-75)148-109-38-22-21-37-95(109)96-54-43-86(69-118(96)148)92-36-20-19-31-87(92)73-139/h1-72H. The molecule has 0 atom stereocenters. The SMILES string of the molecule is N#Cc1ccccc1-c1ccc2c3ccccc3n(-c3ccc(-c4ccc5c6ccc(-c7ccc8c9ccc(-c%10ccc(-n%11c%12ccc(-c%13ccc(C(F)(F)F)cc%13C(F)(F)F)cc%12c%12cc(-c%13ccc(C(F)(F)F)cc%13C(F)(F)F)ccc%12%11)c(-c%11nc(-c%12ccccc%12)nc(-c%12ccccc%12)n%11)c%10)cc9n(-c9ccccc9)c8c7)cc6n(-c6ccccc6)c5c4)cc3-c3nc(-c4ccccc4)cc(-c4ccccc4)n3)c2c1. The van der Waals surface area contributed by atoms with Crippen molar-refractivity contribution in [1.29, 1.82) is 5.26 Å². The second-order valence-corrected chi connectivity index (χ2v) is 36.5. The number of fused-ring (bicyclic) bond motifs is 12. The highest BCUT2D eigenvalue weighted by molar-refractivity contribution is 6.16. The Kier molecular flexibility index (Phi) is 21.6. The molecule has 0 N–H and O–H groups in total. The van der Waals surface area contributed by atoms with E-state index >= 15 is 26.3 Å². The summed E-state index contributed by atoms with van der Waals surface area (Å²) >= 11 is 0. The van der Waals surface area contributed by atoms with Gasteiger partial charge in [0.15, 0.2) is 23.3 Å². The van der Waals surface area contributed by atoms with Gasteiger partial charge in [0.25, 0.3) is 0 Å². The zero-order valence-electron chi connectivity index (χ0n) is 77.6. The molecule has 0 amide bonds. The molecule has 710 valence electrons. The highest BCUT2D eigenvalue weighted by Gasteiger charge is 2.41. The molecule has 0 unspecified atom stereocenters. The van der Waals surface area contributed by atoms with Gasteiger partial charge < -0.3 is 18.3 Å². The fourth-order valence-electron chi connectivity index (χ4n) is 20.9. The molecule has 25 aromatic rings. The predicted molar refractivity (Wildman–Crippen MR) is 563 cm³/mol. The molecule has 0 fully saturated rings. The van der Waals surface area contributed by atoms with Crippen molar-refractivity contribution >= 4 is 87.2 Å². The maximum atomic E-state index is 15.3. The van der Waals surface area contributed by atoms with E-state index in [1.54, 1.807) is 10.6 Å². The van der Waals surface area contributed by atoms with Crippen molar-refractivity contribution in [3.05, 3.63) is 465 Å². The molecule has 0 saturated heterocycles. The summed E-state index contributed by atoms with van der Waals surface area (Å²) in [4.78, 5) is 26.6. The Labute approximate surface area is 836 Å². The summed E-state index contributed by atoms with van der Waals surface area (Å²) in [5.41, 5.74) is 13.8. The van der Waals surface area contributed by atoms with Gasteiger partial charge >= 0.3 is 24.7 Å². The zero-order chi connectivity index (χ0) is 101. The number of nitriles is 1. The van der Waals surface area contributed by atoms with Crippen LogP contribution in [-0.4, -0.2) is 43.2 Å². The van der Waals surface area contributed by atoms with Gasteiger partial charge in [-0.3, -0.25) is 0 Å². The van der Waals surface area contributed by atoms with E-state index in [2.05, 4.69) is 184 Å². The van der Waals surface area contributed by atoms with E-state index in [4.69, 9.17) is 24.9 Å². The third kappa shape index (κ3) is 15.9. The summed E-state index contributed by atoms with van der Waals surface area (Å²) < 4.78 is 186. The van der Waals surface area contributed by atoms with Gasteiger partial charge in [0, 0.05) is 87.8 Å². The molecule has 0 aliphatic rings. The second-order valence-electron chi connectivity index (χ2n) is 36.5. The first kappa shape index (κ1) is 90.4. The lowest BCUT2D eigenvalue weighted by atomic mass is 9.94. The van der Waals surface area contributed by atoms with Gasteiger partial charge in [-0.2, -0.15) is 57.9 Å². The molecular weight excluding hydrogens is 1880 g/mol. The molecule has 0 radical (unpaired) electrons. The predicted octanol–water partition coefficient (Wildman–Crippen LogP) is 35.0. The highest BCUT2D eigenvalue weighted by atomic mass is 19.4. The number of para-hydroxylation sites is 3. The topological polar surface area (TPSA) is 108 Å². The van der Waals surface area contributed by atoms with Crippen LogP contribution in [0, 0.1) is 11.3 Å². The smallest absolute Gasteiger partial charge is 0.309 e. The molecule has 148 heavy (non-hydrogen) atoms. The Bertz CT molecular complexity index is 9480. The second kappa shape index (κ2) is 35.3. The number of alkyl halides is 12. The van der Waals surface area contributed by atoms with Gasteiger partial charge in [0.2, 0.25) is 0 Å². The Morgan fingerprint density at radius 1 is 0.189 bits per heavy atom. The maximum absolute atomic E-state index is 15.3. The molecule has 19 aromatic carbocycles. The van der Waals surface area contributed by atoms with E-state index in [0.29, 0.717) is 69.2 Å². The Morgan fingerprint density at radius 3 is 0.899 bits per heavy atom. The van der Waals surface area contributed by atoms with Gasteiger partial charge in [-0.05, 0) is 212 Å². The van der Waals surface area contributed by atoms with Crippen LogP contribution in [0.4, 0.5) is 52.7 Å². The number of hydrogen-bond donors (Lipinski definition) is 0. The molecule has 0 aliphatic carbocycles. The van der Waals surface area contributed by atoms with E-state index in [1.807, 2.05) is 194 Å². The molecule has 0 spiro atoms. The minimum atomic E-state index is -5.34. The third-order valence-electron chi connectivity index (χ3n) is 27.8. The molecule has 10 nitrogen and oxygen atoms in total. The van der Waals surface area contributed by atoms with E-state index < -0.39 is 58.1 Å². The number of hydrogen-bond acceptors (Lipinski definition) is 6. The van der Waals surface area contributed by atoms with Crippen LogP contribution in [0.5, 0.6) is 0 Å². The molecule has 0 aliphatic heterocycles. The lowest BCUT2D eigenvalue weighted by molar-refractivity contribution is -0.144. The quantitative estimate of drug-likeness (QED) is 0.0892. The fourth-order valence-corrected chi connectivity index (χ4v) is 20.9. The van der Waals surface area contributed by atoms with Crippen LogP contribution in [0.25, 0.3) is 245 Å². The summed E-state index contributed by atoms with van der Waals surface area (Å²) in [6, 6.07) is 135. The van der Waals surface area contributed by atoms with Crippen molar-refractivity contribution in [2.24, 2.45) is 0 Å². The first-order valence-corrected chi connectivity index (χ1v) is 47.5. The van der Waals surface area contributed by atoms with Crippen LogP contribution in [0.1, 0.15) is 27.8 Å². The van der Waals surface area contributed by atoms with Gasteiger partial charge in [-0.15, -0.1) is 0 Å². The summed E-state index contributed by atoms with van der Waals surface area (Å²) in [5.74, 6) is 1.14. The largest absolute Gasteiger partial charge is 0.417 e. The Hall–Kier alpha value is -18.9. The van der Waals surface area contributed by atoms with Crippen LogP contribution in [0.2, 0.25) is 0 Å². The summed E-state index contributed by atoms with van der Waals surface area (Å²) in [5, 5.41) is 16.6. The average molecular weight is 1950 g/mol. The summed E-state index contributed by atoms with van der Waals surface area (Å²) in [6.07, 6.45) is -21.0. The van der Waals surface area contributed by atoms with Crippen LogP contribution in [0.3, 0.4) is 0 Å². The normalized spacial score (nSPS) is 12.2. The van der Waals surface area contributed by atoms with Crippen LogP contribution < -0.4 is 0 Å². The molecule has 0 bridgehead atoms. The molecule has 6 heterocycles. The van der Waals surface area contributed by atoms with Crippen LogP contribution >= 0.6 is 0 Å².